The van der Waals surface area contributed by atoms with Crippen LogP contribution in [0.5, 0.6) is 11.5 Å². The van der Waals surface area contributed by atoms with Gasteiger partial charge in [-0.15, -0.1) is 0 Å². The number of amides is 2. The molecule has 6 heteroatoms. The summed E-state index contributed by atoms with van der Waals surface area (Å²) in [6.45, 7) is 1.64. The van der Waals surface area contributed by atoms with Gasteiger partial charge in [0.05, 0.1) is 18.4 Å². The summed E-state index contributed by atoms with van der Waals surface area (Å²) >= 11 is 0. The summed E-state index contributed by atoms with van der Waals surface area (Å²) < 4.78 is 10.7. The number of carbonyl (C=O) groups excluding carboxylic acids is 2. The predicted octanol–water partition coefficient (Wildman–Crippen LogP) is 2.67. The number of benzene rings is 2. The van der Waals surface area contributed by atoms with E-state index in [1.165, 1.54) is 0 Å². The van der Waals surface area contributed by atoms with E-state index < -0.39 is 6.10 Å². The van der Waals surface area contributed by atoms with Crippen molar-refractivity contribution in [1.82, 2.24) is 0 Å². The van der Waals surface area contributed by atoms with Crippen molar-refractivity contribution in [2.45, 2.75) is 13.0 Å². The molecule has 2 N–H and O–H groups in total. The molecule has 0 bridgehead atoms. The van der Waals surface area contributed by atoms with Crippen molar-refractivity contribution in [3.63, 3.8) is 0 Å². The molecule has 2 aromatic rings. The molecule has 0 aromatic heterocycles. The minimum Gasteiger partial charge on any atom is -0.497 e. The first-order valence-electron chi connectivity index (χ1n) is 7.14. The SMILES string of the molecule is COc1ccc(NC(=O)c2cccc3c2OC(C)C(=O)N3)cc1. The molecule has 1 atom stereocenters. The second kappa shape index (κ2) is 6.00. The third-order valence-corrected chi connectivity index (χ3v) is 3.53. The lowest BCUT2D eigenvalue weighted by Gasteiger charge is -2.25. The van der Waals surface area contributed by atoms with Crippen molar-refractivity contribution >= 4 is 23.2 Å². The Morgan fingerprint density at radius 3 is 2.65 bits per heavy atom. The summed E-state index contributed by atoms with van der Waals surface area (Å²) in [6, 6.07) is 12.1. The van der Waals surface area contributed by atoms with Crippen LogP contribution in [0.4, 0.5) is 11.4 Å². The second-order valence-corrected chi connectivity index (χ2v) is 5.11. The smallest absolute Gasteiger partial charge is 0.265 e. The highest BCUT2D eigenvalue weighted by Crippen LogP contribution is 2.33. The number of hydrogen-bond donors (Lipinski definition) is 2. The van der Waals surface area contributed by atoms with Gasteiger partial charge >= 0.3 is 0 Å². The molecule has 1 heterocycles. The highest BCUT2D eigenvalue weighted by atomic mass is 16.5. The van der Waals surface area contributed by atoms with Crippen LogP contribution in [0.2, 0.25) is 0 Å². The maximum Gasteiger partial charge on any atom is 0.265 e. The molecule has 1 aliphatic rings. The molecule has 0 radical (unpaired) electrons. The van der Waals surface area contributed by atoms with Gasteiger partial charge in [-0.05, 0) is 43.3 Å². The largest absolute Gasteiger partial charge is 0.497 e. The number of carbonyl (C=O) groups is 2. The van der Waals surface area contributed by atoms with Crippen LogP contribution in [0.25, 0.3) is 0 Å². The normalized spacial score (nSPS) is 15.9. The number of rotatable bonds is 3. The Kier molecular flexibility index (Phi) is 3.89. The molecule has 3 rings (SSSR count). The second-order valence-electron chi connectivity index (χ2n) is 5.11. The number of methoxy groups -OCH3 is 1. The zero-order chi connectivity index (χ0) is 16.4. The topological polar surface area (TPSA) is 76.7 Å². The van der Waals surface area contributed by atoms with Gasteiger partial charge < -0.3 is 20.1 Å². The van der Waals surface area contributed by atoms with Crippen molar-refractivity contribution in [1.29, 1.82) is 0 Å². The van der Waals surface area contributed by atoms with Crippen molar-refractivity contribution in [2.75, 3.05) is 17.7 Å². The molecule has 6 nitrogen and oxygen atoms in total. The van der Waals surface area contributed by atoms with E-state index >= 15 is 0 Å². The fourth-order valence-electron chi connectivity index (χ4n) is 2.28. The van der Waals surface area contributed by atoms with Crippen molar-refractivity contribution < 1.29 is 19.1 Å². The number of anilines is 2. The molecular weight excluding hydrogens is 296 g/mol. The number of fused-ring (bicyclic) bond motifs is 1. The average Bonchev–Trinajstić information content (AvgIpc) is 2.56. The van der Waals surface area contributed by atoms with Crippen LogP contribution in [-0.2, 0) is 4.79 Å². The van der Waals surface area contributed by atoms with Gasteiger partial charge in [-0.3, -0.25) is 9.59 Å². The van der Waals surface area contributed by atoms with E-state index in [2.05, 4.69) is 10.6 Å². The molecule has 1 unspecified atom stereocenters. The van der Waals surface area contributed by atoms with Crippen LogP contribution < -0.4 is 20.1 Å². The third kappa shape index (κ3) is 2.96. The molecule has 1 aliphatic heterocycles. The standard InChI is InChI=1S/C17H16N2O4/c1-10-16(20)19-14-5-3-4-13(15(14)23-10)17(21)18-11-6-8-12(22-2)9-7-11/h3-10H,1-2H3,(H,18,21)(H,19,20). The molecule has 0 aliphatic carbocycles. The van der Waals surface area contributed by atoms with Gasteiger partial charge in [-0.2, -0.15) is 0 Å². The summed E-state index contributed by atoms with van der Waals surface area (Å²) in [4.78, 5) is 24.1. The molecule has 0 saturated heterocycles. The van der Waals surface area contributed by atoms with Crippen LogP contribution in [-0.4, -0.2) is 25.0 Å². The Morgan fingerprint density at radius 1 is 1.22 bits per heavy atom. The van der Waals surface area contributed by atoms with Crippen LogP contribution >= 0.6 is 0 Å². The molecule has 0 fully saturated rings. The fraction of sp³-hybridized carbons (Fsp3) is 0.176. The van der Waals surface area contributed by atoms with Gasteiger partial charge in [0.25, 0.3) is 11.8 Å². The Labute approximate surface area is 133 Å². The first-order chi connectivity index (χ1) is 11.1. The lowest BCUT2D eigenvalue weighted by Crippen LogP contribution is -2.35. The predicted molar refractivity (Wildman–Crippen MR) is 86.1 cm³/mol. The highest BCUT2D eigenvalue weighted by molar-refractivity contribution is 6.09. The number of ether oxygens (including phenoxy) is 2. The van der Waals surface area contributed by atoms with Crippen molar-refractivity contribution in [2.24, 2.45) is 0 Å². The van der Waals surface area contributed by atoms with E-state index in [0.29, 0.717) is 28.4 Å². The van der Waals surface area contributed by atoms with E-state index in [1.807, 2.05) is 0 Å². The van der Waals surface area contributed by atoms with E-state index in [-0.39, 0.29) is 11.8 Å². The number of nitrogens with one attached hydrogen (secondary N) is 2. The highest BCUT2D eigenvalue weighted by Gasteiger charge is 2.27. The molecule has 2 aromatic carbocycles. The van der Waals surface area contributed by atoms with E-state index in [4.69, 9.17) is 9.47 Å². The molecule has 23 heavy (non-hydrogen) atoms. The van der Waals surface area contributed by atoms with E-state index in [0.717, 1.165) is 0 Å². The minimum atomic E-state index is -0.641. The summed E-state index contributed by atoms with van der Waals surface area (Å²) in [5.74, 6) is 0.547. The summed E-state index contributed by atoms with van der Waals surface area (Å²) in [5.41, 5.74) is 1.50. The zero-order valence-corrected chi connectivity index (χ0v) is 12.8. The minimum absolute atomic E-state index is 0.231. The Bertz CT molecular complexity index is 756. The van der Waals surface area contributed by atoms with Gasteiger partial charge in [-0.1, -0.05) is 6.07 Å². The van der Waals surface area contributed by atoms with Crippen LogP contribution in [0.1, 0.15) is 17.3 Å². The Hall–Kier alpha value is -3.02. The summed E-state index contributed by atoms with van der Waals surface area (Å²) in [7, 11) is 1.58. The molecule has 2 amide bonds. The first kappa shape index (κ1) is 14.9. The molecule has 0 spiro atoms. The van der Waals surface area contributed by atoms with Crippen LogP contribution in [0.3, 0.4) is 0 Å². The van der Waals surface area contributed by atoms with Crippen LogP contribution in [0, 0.1) is 0 Å². The van der Waals surface area contributed by atoms with Gasteiger partial charge in [0.1, 0.15) is 5.75 Å². The summed E-state index contributed by atoms with van der Waals surface area (Å²) in [5, 5.41) is 5.52. The first-order valence-corrected chi connectivity index (χ1v) is 7.14. The zero-order valence-electron chi connectivity index (χ0n) is 12.8. The van der Waals surface area contributed by atoms with Crippen molar-refractivity contribution in [3.8, 4) is 11.5 Å². The Balaban J connectivity index is 1.85. The maximum absolute atomic E-state index is 12.5. The fourth-order valence-corrected chi connectivity index (χ4v) is 2.28. The van der Waals surface area contributed by atoms with E-state index in [1.54, 1.807) is 56.5 Å². The maximum atomic E-state index is 12.5. The monoisotopic (exact) mass is 312 g/mol. The van der Waals surface area contributed by atoms with E-state index in [9.17, 15) is 9.59 Å². The quantitative estimate of drug-likeness (QED) is 0.913. The van der Waals surface area contributed by atoms with Gasteiger partial charge in [0.2, 0.25) is 0 Å². The molecular formula is C17H16N2O4. The molecule has 118 valence electrons. The average molecular weight is 312 g/mol. The van der Waals surface area contributed by atoms with Gasteiger partial charge in [0, 0.05) is 5.69 Å². The van der Waals surface area contributed by atoms with Gasteiger partial charge in [-0.25, -0.2) is 0 Å². The lowest BCUT2D eigenvalue weighted by molar-refractivity contribution is -0.122. The molecule has 0 saturated carbocycles. The Morgan fingerprint density at radius 2 is 1.96 bits per heavy atom. The third-order valence-electron chi connectivity index (χ3n) is 3.53. The summed E-state index contributed by atoms with van der Waals surface area (Å²) in [6.07, 6.45) is -0.641. The lowest BCUT2D eigenvalue weighted by atomic mass is 10.1. The van der Waals surface area contributed by atoms with Gasteiger partial charge in [0.15, 0.2) is 11.9 Å². The number of para-hydroxylation sites is 1. The number of hydrogen-bond acceptors (Lipinski definition) is 4. The van der Waals surface area contributed by atoms with Crippen molar-refractivity contribution in [3.05, 3.63) is 48.0 Å². The van der Waals surface area contributed by atoms with Crippen LogP contribution in [0.15, 0.2) is 42.5 Å².